The van der Waals surface area contributed by atoms with Gasteiger partial charge in [-0.3, -0.25) is 4.68 Å². The molecular weight excluding hydrogens is 541 g/mol. The van der Waals surface area contributed by atoms with E-state index in [0.29, 0.717) is 16.1 Å². The first kappa shape index (κ1) is 26.6. The van der Waals surface area contributed by atoms with Crippen molar-refractivity contribution in [3.05, 3.63) is 93.1 Å². The summed E-state index contributed by atoms with van der Waals surface area (Å²) >= 11 is 11.7. The number of nitrogens with zero attached hydrogens (tertiary/aromatic N) is 2. The van der Waals surface area contributed by atoms with E-state index in [1.807, 2.05) is 0 Å². The minimum absolute atomic E-state index is 0.0281. The maximum atomic E-state index is 13.6. The van der Waals surface area contributed by atoms with Gasteiger partial charge in [-0.2, -0.15) is 31.4 Å². The number of phenols is 1. The fraction of sp³-hybridized carbons (Fsp3) is 0.115. The Bertz CT molecular complexity index is 1490. The lowest BCUT2D eigenvalue weighted by atomic mass is 9.92. The van der Waals surface area contributed by atoms with Gasteiger partial charge in [0.1, 0.15) is 5.75 Å². The molecule has 192 valence electrons. The number of benzene rings is 3. The van der Waals surface area contributed by atoms with E-state index in [1.54, 1.807) is 36.4 Å². The molecule has 0 aliphatic carbocycles. The molecule has 0 saturated heterocycles. The van der Waals surface area contributed by atoms with Gasteiger partial charge in [-0.05, 0) is 53.1 Å². The number of aromatic hydroxyl groups is 1. The highest BCUT2D eigenvalue weighted by molar-refractivity contribution is 6.31. The highest BCUT2D eigenvalue weighted by atomic mass is 35.5. The van der Waals surface area contributed by atoms with Gasteiger partial charge >= 0.3 is 12.4 Å². The number of alkyl halides is 6. The summed E-state index contributed by atoms with van der Waals surface area (Å²) in [6, 6.07) is 13.5. The molecule has 0 atom stereocenters. The predicted molar refractivity (Wildman–Crippen MR) is 131 cm³/mol. The molecule has 3 nitrogen and oxygen atoms in total. The Kier molecular flexibility index (Phi) is 7.05. The molecule has 0 radical (unpaired) electrons. The van der Waals surface area contributed by atoms with E-state index in [9.17, 15) is 31.4 Å². The standard InChI is InChI=1S/C26H16Cl2F6N2O/c1-36-21(13-22(35-36)26(32,33)34)18-10-6-15(5-2-14-3-8-17(27)9-4-14)23(24(18)37)16-7-11-20(28)19(12-16)25(29,30)31/h2-13,37H,1H3/b5-2+. The van der Waals surface area contributed by atoms with Crippen LogP contribution in [0, 0.1) is 0 Å². The van der Waals surface area contributed by atoms with Crippen molar-refractivity contribution in [3.8, 4) is 28.1 Å². The Morgan fingerprint density at radius 1 is 0.838 bits per heavy atom. The summed E-state index contributed by atoms with van der Waals surface area (Å²) in [6.07, 6.45) is -6.29. The van der Waals surface area contributed by atoms with Crippen LogP contribution in [-0.4, -0.2) is 14.9 Å². The highest BCUT2D eigenvalue weighted by Crippen LogP contribution is 2.45. The lowest BCUT2D eigenvalue weighted by Crippen LogP contribution is -2.06. The zero-order valence-corrected chi connectivity index (χ0v) is 20.3. The molecule has 0 spiro atoms. The van der Waals surface area contributed by atoms with Crippen molar-refractivity contribution in [1.82, 2.24) is 9.78 Å². The fourth-order valence-corrected chi connectivity index (χ4v) is 4.12. The SMILES string of the molecule is Cn1nc(C(F)(F)F)cc1-c1ccc(/C=C/c2ccc(Cl)cc2)c(-c2ccc(Cl)c(C(F)(F)F)c2)c1O. The summed E-state index contributed by atoms with van der Waals surface area (Å²) in [4.78, 5) is 0. The van der Waals surface area contributed by atoms with Crippen LogP contribution in [0.1, 0.15) is 22.4 Å². The molecule has 4 rings (SSSR count). The molecule has 0 aliphatic rings. The molecule has 37 heavy (non-hydrogen) atoms. The Balaban J connectivity index is 1.94. The van der Waals surface area contributed by atoms with Crippen LogP contribution in [0.5, 0.6) is 5.75 Å². The number of rotatable bonds is 4. The first-order valence-corrected chi connectivity index (χ1v) is 11.3. The van der Waals surface area contributed by atoms with Gasteiger partial charge in [0.25, 0.3) is 0 Å². The number of phenolic OH excluding ortho intramolecular Hbond substituents is 1. The van der Waals surface area contributed by atoms with Crippen LogP contribution in [0.4, 0.5) is 26.3 Å². The average molecular weight is 557 g/mol. The second kappa shape index (κ2) is 9.79. The minimum atomic E-state index is -4.77. The molecule has 3 aromatic carbocycles. The van der Waals surface area contributed by atoms with Crippen molar-refractivity contribution in [3.63, 3.8) is 0 Å². The molecule has 1 aromatic heterocycles. The molecule has 0 fully saturated rings. The largest absolute Gasteiger partial charge is 0.507 e. The molecule has 0 unspecified atom stereocenters. The molecule has 0 amide bonds. The van der Waals surface area contributed by atoms with Crippen LogP contribution in [0.2, 0.25) is 10.0 Å². The van der Waals surface area contributed by atoms with E-state index in [2.05, 4.69) is 5.10 Å². The van der Waals surface area contributed by atoms with Crippen LogP contribution >= 0.6 is 23.2 Å². The number of aromatic nitrogens is 2. The third kappa shape index (κ3) is 5.62. The molecule has 1 N–H and O–H groups in total. The molecule has 11 heteroatoms. The summed E-state index contributed by atoms with van der Waals surface area (Å²) in [5, 5.41) is 14.7. The van der Waals surface area contributed by atoms with Gasteiger partial charge in [0.05, 0.1) is 16.3 Å². The van der Waals surface area contributed by atoms with Crippen molar-refractivity contribution in [2.45, 2.75) is 12.4 Å². The van der Waals surface area contributed by atoms with Crippen LogP contribution in [0.25, 0.3) is 34.5 Å². The lowest BCUT2D eigenvalue weighted by molar-refractivity contribution is -0.141. The first-order valence-electron chi connectivity index (χ1n) is 10.5. The molecule has 0 aliphatic heterocycles. The van der Waals surface area contributed by atoms with Gasteiger partial charge in [0.15, 0.2) is 5.69 Å². The summed E-state index contributed by atoms with van der Waals surface area (Å²) in [5.74, 6) is -0.523. The first-order chi connectivity index (χ1) is 17.3. The van der Waals surface area contributed by atoms with Crippen LogP contribution in [-0.2, 0) is 19.4 Å². The van der Waals surface area contributed by atoms with Crippen molar-refractivity contribution < 1.29 is 31.4 Å². The maximum absolute atomic E-state index is 13.6. The molecular formula is C26H16Cl2F6N2O. The molecule has 1 heterocycles. The number of halogens is 8. The van der Waals surface area contributed by atoms with Gasteiger partial charge in [0.2, 0.25) is 0 Å². The van der Waals surface area contributed by atoms with Crippen molar-refractivity contribution in [1.29, 1.82) is 0 Å². The van der Waals surface area contributed by atoms with E-state index >= 15 is 0 Å². The normalized spacial score (nSPS) is 12.5. The Hall–Kier alpha value is -3.43. The second-order valence-corrected chi connectivity index (χ2v) is 8.88. The number of aryl methyl sites for hydroxylation is 1. The molecule has 0 saturated carbocycles. The van der Waals surface area contributed by atoms with E-state index in [4.69, 9.17) is 23.2 Å². The van der Waals surface area contributed by atoms with Crippen molar-refractivity contribution >= 4 is 35.4 Å². The Labute approximate surface area is 217 Å². The zero-order valence-electron chi connectivity index (χ0n) is 18.8. The Morgan fingerprint density at radius 3 is 2.11 bits per heavy atom. The highest BCUT2D eigenvalue weighted by Gasteiger charge is 2.36. The van der Waals surface area contributed by atoms with Gasteiger partial charge in [-0.25, -0.2) is 0 Å². The summed E-state index contributed by atoms with van der Waals surface area (Å²) in [6.45, 7) is 0. The van der Waals surface area contributed by atoms with Gasteiger partial charge in [0, 0.05) is 23.2 Å². The van der Waals surface area contributed by atoms with Gasteiger partial charge in [-0.1, -0.05) is 59.6 Å². The average Bonchev–Trinajstić information content (AvgIpc) is 3.20. The molecule has 0 bridgehead atoms. The third-order valence-corrected chi connectivity index (χ3v) is 6.12. The molecule has 4 aromatic rings. The van der Waals surface area contributed by atoms with Gasteiger partial charge < -0.3 is 5.11 Å². The van der Waals surface area contributed by atoms with Crippen LogP contribution < -0.4 is 0 Å². The van der Waals surface area contributed by atoms with E-state index < -0.39 is 34.4 Å². The minimum Gasteiger partial charge on any atom is -0.507 e. The fourth-order valence-electron chi connectivity index (χ4n) is 3.77. The zero-order chi connectivity index (χ0) is 27.1. The van der Waals surface area contributed by atoms with Crippen LogP contribution in [0.3, 0.4) is 0 Å². The van der Waals surface area contributed by atoms with E-state index in [1.165, 1.54) is 25.2 Å². The number of hydrogen-bond donors (Lipinski definition) is 1. The van der Waals surface area contributed by atoms with Crippen molar-refractivity contribution in [2.75, 3.05) is 0 Å². The van der Waals surface area contributed by atoms with Crippen molar-refractivity contribution in [2.24, 2.45) is 7.05 Å². The summed E-state index contributed by atoms with van der Waals surface area (Å²) < 4.78 is 81.3. The topological polar surface area (TPSA) is 38.0 Å². The number of hydrogen-bond acceptors (Lipinski definition) is 2. The summed E-state index contributed by atoms with van der Waals surface area (Å²) in [7, 11) is 1.27. The maximum Gasteiger partial charge on any atom is 0.435 e. The lowest BCUT2D eigenvalue weighted by Gasteiger charge is -2.16. The van der Waals surface area contributed by atoms with E-state index in [0.717, 1.165) is 22.9 Å². The van der Waals surface area contributed by atoms with Crippen LogP contribution in [0.15, 0.2) is 60.7 Å². The smallest absolute Gasteiger partial charge is 0.435 e. The monoisotopic (exact) mass is 556 g/mol. The summed E-state index contributed by atoms with van der Waals surface area (Å²) in [5.41, 5.74) is -1.47. The van der Waals surface area contributed by atoms with Gasteiger partial charge in [-0.15, -0.1) is 0 Å². The third-order valence-electron chi connectivity index (χ3n) is 5.54. The second-order valence-electron chi connectivity index (χ2n) is 8.04. The Morgan fingerprint density at radius 2 is 1.51 bits per heavy atom. The quantitative estimate of drug-likeness (QED) is 0.201. The predicted octanol–water partition coefficient (Wildman–Crippen LogP) is 8.97. The van der Waals surface area contributed by atoms with E-state index in [-0.39, 0.29) is 22.4 Å².